The summed E-state index contributed by atoms with van der Waals surface area (Å²) in [5.74, 6) is 0.337. The van der Waals surface area contributed by atoms with E-state index in [1.807, 2.05) is 4.90 Å². The van der Waals surface area contributed by atoms with Gasteiger partial charge >= 0.3 is 0 Å². The van der Waals surface area contributed by atoms with E-state index in [9.17, 15) is 9.59 Å². The molecule has 1 fully saturated rings. The summed E-state index contributed by atoms with van der Waals surface area (Å²) in [7, 11) is 0. The van der Waals surface area contributed by atoms with Crippen molar-refractivity contribution in [3.63, 3.8) is 0 Å². The number of amides is 1. The van der Waals surface area contributed by atoms with E-state index in [-0.39, 0.29) is 17.5 Å². The third kappa shape index (κ3) is 3.60. The van der Waals surface area contributed by atoms with Crippen molar-refractivity contribution in [1.29, 1.82) is 0 Å². The fraction of sp³-hybridized carbons (Fsp3) is 0.571. The number of pyridine rings is 1. The van der Waals surface area contributed by atoms with Crippen LogP contribution < -0.4 is 5.56 Å². The number of carbonyl (C=O) groups excluding carboxylic acids is 1. The van der Waals surface area contributed by atoms with Crippen LogP contribution in [0, 0.1) is 0 Å². The molecule has 0 saturated heterocycles. The Bertz CT molecular complexity index is 480. The molecule has 1 amide bonds. The van der Waals surface area contributed by atoms with Gasteiger partial charge in [-0.15, -0.1) is 11.6 Å². The van der Waals surface area contributed by atoms with Gasteiger partial charge in [0.15, 0.2) is 0 Å². The summed E-state index contributed by atoms with van der Waals surface area (Å²) in [6.07, 6.45) is 7.13. The van der Waals surface area contributed by atoms with E-state index >= 15 is 0 Å². The number of rotatable bonds is 4. The quantitative estimate of drug-likeness (QED) is 0.862. The number of alkyl halides is 1. The molecular formula is C14H19ClN2O2. The van der Waals surface area contributed by atoms with Gasteiger partial charge in [0.05, 0.1) is 0 Å². The van der Waals surface area contributed by atoms with Gasteiger partial charge in [0, 0.05) is 36.3 Å². The van der Waals surface area contributed by atoms with E-state index in [1.54, 1.807) is 6.07 Å². The molecule has 1 N–H and O–H groups in total. The van der Waals surface area contributed by atoms with E-state index in [2.05, 4.69) is 4.98 Å². The molecule has 4 nitrogen and oxygen atoms in total. The summed E-state index contributed by atoms with van der Waals surface area (Å²) in [4.78, 5) is 28.2. The SMILES string of the molecule is O=C(c1cc[nH]c(=O)c1)N(CCCl)C1CCCCC1. The molecular weight excluding hydrogens is 264 g/mol. The van der Waals surface area contributed by atoms with E-state index in [0.29, 0.717) is 18.0 Å². The molecule has 1 aliphatic rings. The van der Waals surface area contributed by atoms with Gasteiger partial charge in [0.1, 0.15) is 0 Å². The lowest BCUT2D eigenvalue weighted by atomic mass is 9.94. The second kappa shape index (κ2) is 6.75. The molecule has 0 radical (unpaired) electrons. The van der Waals surface area contributed by atoms with Gasteiger partial charge in [-0.2, -0.15) is 0 Å². The number of aromatic nitrogens is 1. The maximum absolute atomic E-state index is 12.5. The Morgan fingerprint density at radius 1 is 1.37 bits per heavy atom. The Balaban J connectivity index is 2.17. The van der Waals surface area contributed by atoms with Crippen LogP contribution in [0.25, 0.3) is 0 Å². The zero-order chi connectivity index (χ0) is 13.7. The molecule has 19 heavy (non-hydrogen) atoms. The van der Waals surface area contributed by atoms with Crippen LogP contribution in [0.15, 0.2) is 23.1 Å². The van der Waals surface area contributed by atoms with E-state index in [0.717, 1.165) is 25.7 Å². The third-order valence-electron chi connectivity index (χ3n) is 3.62. The van der Waals surface area contributed by atoms with Crippen molar-refractivity contribution in [2.24, 2.45) is 0 Å². The molecule has 0 unspecified atom stereocenters. The van der Waals surface area contributed by atoms with E-state index in [4.69, 9.17) is 11.6 Å². The molecule has 0 bridgehead atoms. The normalized spacial score (nSPS) is 16.3. The molecule has 1 aliphatic carbocycles. The standard InChI is InChI=1S/C14H19ClN2O2/c15-7-9-17(12-4-2-1-3-5-12)14(19)11-6-8-16-13(18)10-11/h6,8,10,12H,1-5,7,9H2,(H,16,18). The number of nitrogens with one attached hydrogen (secondary N) is 1. The average molecular weight is 283 g/mol. The number of aromatic amines is 1. The first-order valence-corrected chi connectivity index (χ1v) is 7.31. The van der Waals surface area contributed by atoms with Gasteiger partial charge in [0.25, 0.3) is 5.91 Å². The minimum Gasteiger partial charge on any atom is -0.334 e. The third-order valence-corrected chi connectivity index (χ3v) is 3.79. The van der Waals surface area contributed by atoms with Crippen molar-refractivity contribution in [1.82, 2.24) is 9.88 Å². The Hall–Kier alpha value is -1.29. The van der Waals surface area contributed by atoms with Crippen molar-refractivity contribution in [3.8, 4) is 0 Å². The van der Waals surface area contributed by atoms with Crippen molar-refractivity contribution >= 4 is 17.5 Å². The Labute approximate surface area is 117 Å². The van der Waals surface area contributed by atoms with Crippen LogP contribution in [0.4, 0.5) is 0 Å². The van der Waals surface area contributed by atoms with Gasteiger partial charge in [-0.1, -0.05) is 19.3 Å². The fourth-order valence-electron chi connectivity index (χ4n) is 2.68. The van der Waals surface area contributed by atoms with Crippen LogP contribution >= 0.6 is 11.6 Å². The average Bonchev–Trinajstić information content (AvgIpc) is 2.45. The summed E-state index contributed by atoms with van der Waals surface area (Å²) >= 11 is 5.82. The van der Waals surface area contributed by atoms with Gasteiger partial charge < -0.3 is 9.88 Å². The van der Waals surface area contributed by atoms with Crippen LogP contribution in [-0.2, 0) is 0 Å². The summed E-state index contributed by atoms with van der Waals surface area (Å²) in [5, 5.41) is 0. The molecule has 0 spiro atoms. The minimum atomic E-state index is -0.250. The maximum atomic E-state index is 12.5. The van der Waals surface area contributed by atoms with Gasteiger partial charge in [0.2, 0.25) is 5.56 Å². The highest BCUT2D eigenvalue weighted by Gasteiger charge is 2.25. The topological polar surface area (TPSA) is 53.2 Å². The predicted octanol–water partition coefficient (Wildman–Crippen LogP) is 2.39. The van der Waals surface area contributed by atoms with Crippen molar-refractivity contribution in [2.45, 2.75) is 38.1 Å². The molecule has 5 heteroatoms. The Kier molecular flexibility index (Phi) is 5.02. The summed E-state index contributed by atoms with van der Waals surface area (Å²) in [6.45, 7) is 0.540. The highest BCUT2D eigenvalue weighted by atomic mass is 35.5. The van der Waals surface area contributed by atoms with Crippen LogP contribution in [0.3, 0.4) is 0 Å². The van der Waals surface area contributed by atoms with Crippen molar-refractivity contribution < 1.29 is 4.79 Å². The summed E-state index contributed by atoms with van der Waals surface area (Å²) in [5.41, 5.74) is 0.194. The Morgan fingerprint density at radius 3 is 2.74 bits per heavy atom. The molecule has 1 heterocycles. The number of nitrogens with zero attached hydrogens (tertiary/aromatic N) is 1. The fourth-order valence-corrected chi connectivity index (χ4v) is 2.86. The lowest BCUT2D eigenvalue weighted by molar-refractivity contribution is 0.0649. The van der Waals surface area contributed by atoms with Gasteiger partial charge in [-0.25, -0.2) is 0 Å². The lowest BCUT2D eigenvalue weighted by Crippen LogP contribution is -2.42. The number of H-pyrrole nitrogens is 1. The lowest BCUT2D eigenvalue weighted by Gasteiger charge is -2.34. The summed E-state index contributed by atoms with van der Waals surface area (Å²) in [6, 6.07) is 3.26. The predicted molar refractivity (Wildman–Crippen MR) is 75.7 cm³/mol. The highest BCUT2D eigenvalue weighted by Crippen LogP contribution is 2.23. The number of halogens is 1. The number of hydrogen-bond acceptors (Lipinski definition) is 2. The maximum Gasteiger partial charge on any atom is 0.254 e. The second-order valence-electron chi connectivity index (χ2n) is 4.92. The molecule has 0 atom stereocenters. The molecule has 1 saturated carbocycles. The monoisotopic (exact) mass is 282 g/mol. The molecule has 104 valence electrons. The molecule has 2 rings (SSSR count). The van der Waals surface area contributed by atoms with Crippen LogP contribution in [0.1, 0.15) is 42.5 Å². The first-order valence-electron chi connectivity index (χ1n) is 6.78. The van der Waals surface area contributed by atoms with Crippen LogP contribution in [0.2, 0.25) is 0 Å². The smallest absolute Gasteiger partial charge is 0.254 e. The minimum absolute atomic E-state index is 0.0846. The van der Waals surface area contributed by atoms with Crippen LogP contribution in [0.5, 0.6) is 0 Å². The summed E-state index contributed by atoms with van der Waals surface area (Å²) < 4.78 is 0. The highest BCUT2D eigenvalue weighted by molar-refractivity contribution is 6.18. The van der Waals surface area contributed by atoms with Crippen molar-refractivity contribution in [3.05, 3.63) is 34.2 Å². The van der Waals surface area contributed by atoms with E-state index in [1.165, 1.54) is 18.7 Å². The molecule has 0 aliphatic heterocycles. The largest absolute Gasteiger partial charge is 0.334 e. The zero-order valence-corrected chi connectivity index (χ0v) is 11.7. The zero-order valence-electron chi connectivity index (χ0n) is 10.9. The van der Waals surface area contributed by atoms with Crippen LogP contribution in [-0.4, -0.2) is 34.3 Å². The number of carbonyl (C=O) groups is 1. The second-order valence-corrected chi connectivity index (χ2v) is 5.30. The molecule has 1 aromatic heterocycles. The first-order chi connectivity index (χ1) is 9.22. The van der Waals surface area contributed by atoms with Crippen molar-refractivity contribution in [2.75, 3.05) is 12.4 Å². The number of hydrogen-bond donors (Lipinski definition) is 1. The van der Waals surface area contributed by atoms with Gasteiger partial charge in [-0.3, -0.25) is 9.59 Å². The first kappa shape index (κ1) is 14.1. The van der Waals surface area contributed by atoms with E-state index < -0.39 is 0 Å². The van der Waals surface area contributed by atoms with Gasteiger partial charge in [-0.05, 0) is 18.9 Å². The molecule has 1 aromatic rings. The Morgan fingerprint density at radius 2 is 2.11 bits per heavy atom. The molecule has 0 aromatic carbocycles.